The van der Waals surface area contributed by atoms with Gasteiger partial charge in [0.2, 0.25) is 0 Å². The third-order valence-corrected chi connectivity index (χ3v) is 4.21. The van der Waals surface area contributed by atoms with E-state index in [1.165, 1.54) is 30.4 Å². The summed E-state index contributed by atoms with van der Waals surface area (Å²) in [4.78, 5) is 0. The Morgan fingerprint density at radius 3 is 2.33 bits per heavy atom. The molecule has 2 heteroatoms. The Kier molecular flexibility index (Phi) is 4.26. The van der Waals surface area contributed by atoms with Gasteiger partial charge in [-0.3, -0.25) is 0 Å². The van der Waals surface area contributed by atoms with Gasteiger partial charge in [0.05, 0.1) is 6.10 Å². The van der Waals surface area contributed by atoms with Crippen molar-refractivity contribution in [1.82, 2.24) is 0 Å². The molecule has 0 spiro atoms. The molecular formula is C19H22O2. The predicted molar refractivity (Wildman–Crippen MR) is 84.9 cm³/mol. The zero-order valence-electron chi connectivity index (χ0n) is 12.5. The lowest BCUT2D eigenvalue weighted by atomic mass is 9.92. The normalized spacial score (nSPS) is 15.3. The number of aliphatic hydroxyl groups excluding tert-OH is 1. The lowest BCUT2D eigenvalue weighted by Gasteiger charge is -2.17. The summed E-state index contributed by atoms with van der Waals surface area (Å²) in [6.45, 7) is 1.97. The van der Waals surface area contributed by atoms with Crippen LogP contribution < -0.4 is 4.74 Å². The van der Waals surface area contributed by atoms with E-state index in [-0.39, 0.29) is 6.10 Å². The highest BCUT2D eigenvalue weighted by Gasteiger charge is 2.10. The summed E-state index contributed by atoms with van der Waals surface area (Å²) in [7, 11) is 0. The second-order valence-corrected chi connectivity index (χ2v) is 5.73. The second-order valence-electron chi connectivity index (χ2n) is 5.73. The molecule has 0 amide bonds. The molecule has 0 radical (unpaired) electrons. The molecule has 0 bridgehead atoms. The van der Waals surface area contributed by atoms with Crippen LogP contribution in [0.2, 0.25) is 0 Å². The van der Waals surface area contributed by atoms with E-state index in [4.69, 9.17) is 4.74 Å². The maximum Gasteiger partial charge on any atom is 0.127 e. The van der Waals surface area contributed by atoms with Crippen molar-refractivity contribution < 1.29 is 9.84 Å². The van der Waals surface area contributed by atoms with Crippen LogP contribution in [-0.2, 0) is 12.8 Å². The third-order valence-electron chi connectivity index (χ3n) is 4.21. The van der Waals surface area contributed by atoms with Gasteiger partial charge in [-0.25, -0.2) is 0 Å². The van der Waals surface area contributed by atoms with Crippen molar-refractivity contribution in [3.63, 3.8) is 0 Å². The van der Waals surface area contributed by atoms with Gasteiger partial charge in [-0.1, -0.05) is 25.1 Å². The first-order valence-electron chi connectivity index (χ1n) is 7.84. The Hall–Kier alpha value is -1.80. The summed E-state index contributed by atoms with van der Waals surface area (Å²) in [5.41, 5.74) is 3.84. The number of hydrogen-bond donors (Lipinski definition) is 1. The molecule has 0 aromatic heterocycles. The first-order valence-corrected chi connectivity index (χ1v) is 7.84. The fourth-order valence-electron chi connectivity index (χ4n) is 2.90. The number of aryl methyl sites for hydroxylation is 2. The molecule has 0 fully saturated rings. The smallest absolute Gasteiger partial charge is 0.127 e. The summed E-state index contributed by atoms with van der Waals surface area (Å²) in [6, 6.07) is 14.1. The van der Waals surface area contributed by atoms with E-state index < -0.39 is 0 Å². The van der Waals surface area contributed by atoms with Crippen LogP contribution in [0.5, 0.6) is 11.5 Å². The summed E-state index contributed by atoms with van der Waals surface area (Å²) in [5, 5.41) is 9.80. The number of benzene rings is 2. The number of fused-ring (bicyclic) bond motifs is 1. The quantitative estimate of drug-likeness (QED) is 0.872. The Bertz CT molecular complexity index is 601. The van der Waals surface area contributed by atoms with Crippen molar-refractivity contribution in [2.75, 3.05) is 0 Å². The van der Waals surface area contributed by atoms with Gasteiger partial charge in [-0.2, -0.15) is 0 Å². The van der Waals surface area contributed by atoms with Crippen molar-refractivity contribution in [3.8, 4) is 11.5 Å². The number of rotatable bonds is 4. The van der Waals surface area contributed by atoms with E-state index in [9.17, 15) is 5.11 Å². The molecule has 0 heterocycles. The summed E-state index contributed by atoms with van der Waals surface area (Å²) in [5.74, 6) is 1.72. The van der Waals surface area contributed by atoms with E-state index >= 15 is 0 Å². The zero-order valence-corrected chi connectivity index (χ0v) is 12.5. The molecule has 1 aliphatic rings. The summed E-state index contributed by atoms with van der Waals surface area (Å²) >= 11 is 0. The standard InChI is InChI=1S/C19H22O2/c1-2-19(20)15-8-10-17(11-9-15)21-18-12-7-14-5-3-4-6-16(14)13-18/h7-13,19-20H,2-6H2,1H3/t19-/m0/s1. The largest absolute Gasteiger partial charge is 0.457 e. The van der Waals surface area contributed by atoms with Crippen LogP contribution in [0.3, 0.4) is 0 Å². The molecule has 0 unspecified atom stereocenters. The van der Waals surface area contributed by atoms with Crippen molar-refractivity contribution in [3.05, 3.63) is 59.2 Å². The Morgan fingerprint density at radius 2 is 1.62 bits per heavy atom. The highest BCUT2D eigenvalue weighted by atomic mass is 16.5. The molecule has 1 atom stereocenters. The average Bonchev–Trinajstić information content (AvgIpc) is 2.55. The average molecular weight is 282 g/mol. The Labute approximate surface area is 126 Å². The Balaban J connectivity index is 1.74. The van der Waals surface area contributed by atoms with Crippen molar-refractivity contribution in [2.24, 2.45) is 0 Å². The van der Waals surface area contributed by atoms with E-state index in [0.717, 1.165) is 29.9 Å². The third kappa shape index (κ3) is 3.27. The van der Waals surface area contributed by atoms with Crippen LogP contribution in [0.25, 0.3) is 0 Å². The number of ether oxygens (including phenoxy) is 1. The fraction of sp³-hybridized carbons (Fsp3) is 0.368. The van der Waals surface area contributed by atoms with Crippen molar-refractivity contribution in [2.45, 2.75) is 45.1 Å². The highest BCUT2D eigenvalue weighted by Crippen LogP contribution is 2.29. The monoisotopic (exact) mass is 282 g/mol. The van der Waals surface area contributed by atoms with Crippen LogP contribution in [0.4, 0.5) is 0 Å². The molecule has 2 aromatic carbocycles. The zero-order chi connectivity index (χ0) is 14.7. The SMILES string of the molecule is CC[C@H](O)c1ccc(Oc2ccc3c(c2)CCCC3)cc1. The van der Waals surface area contributed by atoms with E-state index in [1.54, 1.807) is 0 Å². The fourth-order valence-corrected chi connectivity index (χ4v) is 2.90. The topological polar surface area (TPSA) is 29.5 Å². The van der Waals surface area contributed by atoms with Gasteiger partial charge in [-0.05, 0) is 73.1 Å². The molecule has 0 saturated carbocycles. The minimum absolute atomic E-state index is 0.386. The maximum absolute atomic E-state index is 9.80. The molecular weight excluding hydrogens is 260 g/mol. The molecule has 110 valence electrons. The number of aliphatic hydroxyl groups is 1. The molecule has 0 aliphatic heterocycles. The second kappa shape index (κ2) is 6.31. The van der Waals surface area contributed by atoms with E-state index in [1.807, 2.05) is 31.2 Å². The lowest BCUT2D eigenvalue weighted by molar-refractivity contribution is 0.173. The van der Waals surface area contributed by atoms with Crippen molar-refractivity contribution in [1.29, 1.82) is 0 Å². The molecule has 1 aliphatic carbocycles. The molecule has 0 saturated heterocycles. The van der Waals surface area contributed by atoms with Gasteiger partial charge >= 0.3 is 0 Å². The number of hydrogen-bond acceptors (Lipinski definition) is 2. The first-order chi connectivity index (χ1) is 10.3. The molecule has 2 nitrogen and oxygen atoms in total. The summed E-state index contributed by atoms with van der Waals surface area (Å²) < 4.78 is 5.93. The molecule has 21 heavy (non-hydrogen) atoms. The first kappa shape index (κ1) is 14.2. The molecule has 1 N–H and O–H groups in total. The minimum atomic E-state index is -0.386. The van der Waals surface area contributed by atoms with Gasteiger partial charge in [0.1, 0.15) is 11.5 Å². The van der Waals surface area contributed by atoms with Crippen molar-refractivity contribution >= 4 is 0 Å². The maximum atomic E-state index is 9.80. The van der Waals surface area contributed by atoms with E-state index in [2.05, 4.69) is 18.2 Å². The van der Waals surface area contributed by atoms with Gasteiger partial charge in [0.25, 0.3) is 0 Å². The van der Waals surface area contributed by atoms with Crippen LogP contribution >= 0.6 is 0 Å². The van der Waals surface area contributed by atoms with Crippen LogP contribution in [-0.4, -0.2) is 5.11 Å². The van der Waals surface area contributed by atoms with Crippen LogP contribution in [0.1, 0.15) is 49.0 Å². The lowest BCUT2D eigenvalue weighted by Crippen LogP contribution is -2.02. The summed E-state index contributed by atoms with van der Waals surface area (Å²) in [6.07, 6.45) is 5.27. The Morgan fingerprint density at radius 1 is 0.952 bits per heavy atom. The van der Waals surface area contributed by atoms with Gasteiger partial charge < -0.3 is 9.84 Å². The van der Waals surface area contributed by atoms with Gasteiger partial charge in [0, 0.05) is 0 Å². The van der Waals surface area contributed by atoms with E-state index in [0.29, 0.717) is 0 Å². The van der Waals surface area contributed by atoms with Gasteiger partial charge in [0.15, 0.2) is 0 Å². The highest BCUT2D eigenvalue weighted by molar-refractivity contribution is 5.40. The van der Waals surface area contributed by atoms with Crippen LogP contribution in [0, 0.1) is 0 Å². The predicted octanol–water partition coefficient (Wildman–Crippen LogP) is 4.80. The minimum Gasteiger partial charge on any atom is -0.457 e. The van der Waals surface area contributed by atoms with Crippen LogP contribution in [0.15, 0.2) is 42.5 Å². The van der Waals surface area contributed by atoms with Gasteiger partial charge in [-0.15, -0.1) is 0 Å². The molecule has 3 rings (SSSR count). The molecule has 2 aromatic rings.